The van der Waals surface area contributed by atoms with E-state index in [1.165, 1.54) is 77.0 Å². The SMILES string of the molecule is CC/C=C\C/C=C\C/C=C\C/C=C\C/C=C\CCCCCC(=O)OCC(COP(=O)(O)OCC(O)COP(=O)(O)OCC(COC(=O)CCCCCCC/C=C\C/C=C\CCCCC)OC(=O)CCCCCCC/C=C\C/C=C\CCCCC)OC(=O)CCCCCCCCCCCCC. The lowest BCUT2D eigenvalue weighted by atomic mass is 10.1. The molecule has 0 rings (SSSR count). The lowest BCUT2D eigenvalue weighted by Crippen LogP contribution is -2.30. The zero-order chi connectivity index (χ0) is 73.2. The number of rotatable bonds is 73. The fraction of sp³-hybridized carbons (Fsp3) is 0.728. The van der Waals surface area contributed by atoms with Crippen molar-refractivity contribution in [2.45, 2.75) is 341 Å². The maximum atomic E-state index is 13.1. The summed E-state index contributed by atoms with van der Waals surface area (Å²) in [6.07, 6.45) is 77.9. The standard InChI is InChI=1S/C81H140O17P2/c1-5-9-13-17-21-25-29-32-35-36-37-38-41-43-47-50-54-58-62-66-79(84)91-71-76(97-80(85)67-63-59-55-51-45-28-24-20-16-12-8-4)73-95-99(87,88)93-69-75(82)70-94-100(89,90)96-74-77(98-81(86)68-64-60-56-52-48-44-40-34-31-27-23-19-15-11-7-3)72-92-78(83)65-61-57-53-49-46-42-39-33-30-26-22-18-14-10-6-2/h9,13,21-23,25-27,32-35,37-40,43,47,75-77,82H,5-8,10-12,14-20,24,28-31,36,41-42,44-46,48-74H2,1-4H3,(H,87,88)(H,89,90)/b13-9-,25-21-,26-22-,27-23-,35-32-,38-37-,39-33-,40-34-,47-43-. The van der Waals surface area contributed by atoms with Crippen LogP contribution in [0.5, 0.6) is 0 Å². The van der Waals surface area contributed by atoms with E-state index >= 15 is 0 Å². The first-order chi connectivity index (χ1) is 48.7. The molecule has 3 N–H and O–H groups in total. The van der Waals surface area contributed by atoms with Gasteiger partial charge in [-0.25, -0.2) is 9.13 Å². The maximum absolute atomic E-state index is 13.1. The molecule has 17 nitrogen and oxygen atoms in total. The molecule has 0 aromatic rings. The first-order valence-electron chi connectivity index (χ1n) is 39.1. The van der Waals surface area contributed by atoms with Crippen molar-refractivity contribution >= 4 is 39.5 Å². The van der Waals surface area contributed by atoms with Gasteiger partial charge in [0.25, 0.3) is 0 Å². The van der Waals surface area contributed by atoms with Crippen molar-refractivity contribution < 1.29 is 80.2 Å². The number of aliphatic hydroxyl groups is 1. The van der Waals surface area contributed by atoms with Gasteiger partial charge in [-0.2, -0.15) is 0 Å². The van der Waals surface area contributed by atoms with Gasteiger partial charge in [0.05, 0.1) is 26.4 Å². The van der Waals surface area contributed by atoms with Crippen molar-refractivity contribution in [3.8, 4) is 0 Å². The summed E-state index contributed by atoms with van der Waals surface area (Å²) in [4.78, 5) is 72.9. The lowest BCUT2D eigenvalue weighted by Gasteiger charge is -2.21. The van der Waals surface area contributed by atoms with Crippen molar-refractivity contribution in [2.24, 2.45) is 0 Å². The Balaban J connectivity index is 5.36. The van der Waals surface area contributed by atoms with Gasteiger partial charge in [0, 0.05) is 25.7 Å². The first kappa shape index (κ1) is 95.7. The number of unbranched alkanes of at least 4 members (excludes halogenated alkanes) is 29. The van der Waals surface area contributed by atoms with E-state index in [2.05, 4.69) is 137 Å². The van der Waals surface area contributed by atoms with Crippen LogP contribution in [-0.4, -0.2) is 96.7 Å². The van der Waals surface area contributed by atoms with Crippen LogP contribution in [0.25, 0.3) is 0 Å². The van der Waals surface area contributed by atoms with E-state index < -0.39 is 97.5 Å². The minimum absolute atomic E-state index is 0.0753. The molecule has 0 aromatic carbocycles. The van der Waals surface area contributed by atoms with E-state index in [4.69, 9.17) is 37.0 Å². The summed E-state index contributed by atoms with van der Waals surface area (Å²) in [6, 6.07) is 0. The van der Waals surface area contributed by atoms with Crippen LogP contribution >= 0.6 is 15.6 Å². The first-order valence-corrected chi connectivity index (χ1v) is 42.1. The number of carbonyl (C=O) groups excluding carboxylic acids is 4. The Kier molecular flexibility index (Phi) is 69.9. The predicted octanol–water partition coefficient (Wildman–Crippen LogP) is 22.6. The molecular weight excluding hydrogens is 1310 g/mol. The van der Waals surface area contributed by atoms with E-state index in [0.717, 1.165) is 167 Å². The molecule has 0 spiro atoms. The molecule has 0 aliphatic rings. The van der Waals surface area contributed by atoms with E-state index in [-0.39, 0.29) is 25.7 Å². The summed E-state index contributed by atoms with van der Waals surface area (Å²) < 4.78 is 68.5. The number of allylic oxidation sites excluding steroid dienone is 18. The quantitative estimate of drug-likeness (QED) is 0.0169. The van der Waals surface area contributed by atoms with Gasteiger partial charge in [-0.1, -0.05) is 272 Å². The van der Waals surface area contributed by atoms with Gasteiger partial charge in [0.15, 0.2) is 12.2 Å². The Morgan fingerprint density at radius 1 is 0.290 bits per heavy atom. The fourth-order valence-electron chi connectivity index (χ4n) is 10.2. The number of phosphoric acid groups is 2. The van der Waals surface area contributed by atoms with E-state index in [9.17, 15) is 43.2 Å². The molecule has 0 bridgehead atoms. The van der Waals surface area contributed by atoms with Gasteiger partial charge in [-0.05, 0) is 135 Å². The molecule has 100 heavy (non-hydrogen) atoms. The van der Waals surface area contributed by atoms with Gasteiger partial charge in [0.2, 0.25) is 0 Å². The molecule has 0 saturated carbocycles. The Bertz CT molecular complexity index is 2320. The van der Waals surface area contributed by atoms with Crippen LogP contribution < -0.4 is 0 Å². The molecule has 5 atom stereocenters. The largest absolute Gasteiger partial charge is 0.472 e. The molecule has 0 aliphatic heterocycles. The van der Waals surface area contributed by atoms with Crippen molar-refractivity contribution in [3.63, 3.8) is 0 Å². The minimum atomic E-state index is -4.98. The summed E-state index contributed by atoms with van der Waals surface area (Å²) in [6.45, 7) is 4.65. The highest BCUT2D eigenvalue weighted by molar-refractivity contribution is 7.47. The van der Waals surface area contributed by atoms with Crippen LogP contribution in [0, 0.1) is 0 Å². The number of aliphatic hydroxyl groups excluding tert-OH is 1. The summed E-state index contributed by atoms with van der Waals surface area (Å²) in [7, 11) is -9.96. The van der Waals surface area contributed by atoms with E-state index in [1.54, 1.807) is 0 Å². The second-order valence-electron chi connectivity index (χ2n) is 25.9. The van der Waals surface area contributed by atoms with Crippen LogP contribution in [0.2, 0.25) is 0 Å². The smallest absolute Gasteiger partial charge is 0.462 e. The molecule has 0 amide bonds. The lowest BCUT2D eigenvalue weighted by molar-refractivity contribution is -0.161. The topological polar surface area (TPSA) is 237 Å². The molecule has 0 heterocycles. The summed E-state index contributed by atoms with van der Waals surface area (Å²) >= 11 is 0. The number of esters is 4. The molecule has 0 aliphatic carbocycles. The predicted molar refractivity (Wildman–Crippen MR) is 408 cm³/mol. The van der Waals surface area contributed by atoms with Crippen molar-refractivity contribution in [1.82, 2.24) is 0 Å². The van der Waals surface area contributed by atoms with Crippen molar-refractivity contribution in [1.29, 1.82) is 0 Å². The Labute approximate surface area is 607 Å². The third kappa shape index (κ3) is 72.1. The molecule has 5 unspecified atom stereocenters. The second kappa shape index (κ2) is 73.0. The summed E-state index contributed by atoms with van der Waals surface area (Å²) in [5.74, 6) is -2.23. The number of carbonyl (C=O) groups is 4. The zero-order valence-electron chi connectivity index (χ0n) is 62.8. The van der Waals surface area contributed by atoms with Crippen LogP contribution in [0.4, 0.5) is 0 Å². The van der Waals surface area contributed by atoms with E-state index in [0.29, 0.717) is 25.7 Å². The van der Waals surface area contributed by atoms with Gasteiger partial charge in [-0.15, -0.1) is 0 Å². The number of hydrogen-bond donors (Lipinski definition) is 3. The van der Waals surface area contributed by atoms with Crippen LogP contribution in [-0.2, 0) is 65.4 Å². The Morgan fingerprint density at radius 2 is 0.520 bits per heavy atom. The molecule has 576 valence electrons. The molecule has 0 fully saturated rings. The number of phosphoric ester groups is 2. The summed E-state index contributed by atoms with van der Waals surface area (Å²) in [5, 5.41) is 10.6. The van der Waals surface area contributed by atoms with Crippen LogP contribution in [0.15, 0.2) is 109 Å². The molecule has 19 heteroatoms. The Morgan fingerprint density at radius 3 is 0.830 bits per heavy atom. The van der Waals surface area contributed by atoms with Gasteiger partial charge in [0.1, 0.15) is 19.3 Å². The maximum Gasteiger partial charge on any atom is 0.472 e. The summed E-state index contributed by atoms with van der Waals surface area (Å²) in [5.41, 5.74) is 0. The van der Waals surface area contributed by atoms with E-state index in [1.807, 2.05) is 0 Å². The third-order valence-electron chi connectivity index (χ3n) is 16.2. The molecule has 0 radical (unpaired) electrons. The highest BCUT2D eigenvalue weighted by Gasteiger charge is 2.30. The molecule has 0 aromatic heterocycles. The molecule has 0 saturated heterocycles. The third-order valence-corrected chi connectivity index (χ3v) is 18.1. The van der Waals surface area contributed by atoms with Gasteiger partial charge < -0.3 is 33.8 Å². The van der Waals surface area contributed by atoms with Crippen molar-refractivity contribution in [3.05, 3.63) is 109 Å². The van der Waals surface area contributed by atoms with Crippen LogP contribution in [0.3, 0.4) is 0 Å². The highest BCUT2D eigenvalue weighted by atomic mass is 31.2. The average molecular weight is 1450 g/mol. The van der Waals surface area contributed by atoms with Crippen molar-refractivity contribution in [2.75, 3.05) is 39.6 Å². The second-order valence-corrected chi connectivity index (χ2v) is 28.8. The average Bonchev–Trinajstić information content (AvgIpc) is 0.953. The monoisotopic (exact) mass is 1450 g/mol. The zero-order valence-corrected chi connectivity index (χ0v) is 64.6. The van der Waals surface area contributed by atoms with Crippen LogP contribution in [0.1, 0.15) is 323 Å². The number of hydrogen-bond acceptors (Lipinski definition) is 15. The Hall–Kier alpha value is -4.28. The van der Waals surface area contributed by atoms with Gasteiger partial charge in [-0.3, -0.25) is 37.3 Å². The normalized spacial score (nSPS) is 14.5. The van der Waals surface area contributed by atoms with Gasteiger partial charge >= 0.3 is 39.5 Å². The number of ether oxygens (including phenoxy) is 4. The fourth-order valence-corrected chi connectivity index (χ4v) is 11.8. The molecular formula is C81H140O17P2. The minimum Gasteiger partial charge on any atom is -0.462 e. The highest BCUT2D eigenvalue weighted by Crippen LogP contribution is 2.45.